The Hall–Kier alpha value is -1.07. The van der Waals surface area contributed by atoms with Gasteiger partial charge in [-0.05, 0) is 31.0 Å². The van der Waals surface area contributed by atoms with Crippen molar-refractivity contribution in [1.82, 2.24) is 5.32 Å². The summed E-state index contributed by atoms with van der Waals surface area (Å²) in [6.45, 7) is 0.919. The van der Waals surface area contributed by atoms with Crippen LogP contribution < -0.4 is 15.8 Å². The lowest BCUT2D eigenvalue weighted by molar-refractivity contribution is -0.123. The van der Waals surface area contributed by atoms with E-state index in [1.165, 1.54) is 0 Å². The number of benzene rings is 1. The summed E-state index contributed by atoms with van der Waals surface area (Å²) in [6.07, 6.45) is 1.57. The lowest BCUT2D eigenvalue weighted by Crippen LogP contribution is -2.44. The van der Waals surface area contributed by atoms with Gasteiger partial charge in [-0.2, -0.15) is 0 Å². The van der Waals surface area contributed by atoms with Gasteiger partial charge in [0, 0.05) is 4.47 Å². The first-order chi connectivity index (χ1) is 8.10. The van der Waals surface area contributed by atoms with E-state index in [2.05, 4.69) is 21.2 Å². The van der Waals surface area contributed by atoms with E-state index in [9.17, 15) is 4.79 Å². The first kappa shape index (κ1) is 12.4. The largest absolute Gasteiger partial charge is 0.492 e. The van der Waals surface area contributed by atoms with Gasteiger partial charge in [0.05, 0.1) is 12.1 Å². The minimum absolute atomic E-state index is 0.0738. The Morgan fingerprint density at radius 2 is 2.29 bits per heavy atom. The topological polar surface area (TPSA) is 64.4 Å². The van der Waals surface area contributed by atoms with E-state index in [0.717, 1.165) is 23.1 Å². The van der Waals surface area contributed by atoms with Crippen LogP contribution in [0.25, 0.3) is 0 Å². The molecule has 1 aliphatic rings. The number of ether oxygens (including phenoxy) is 1. The number of halogens is 1. The Bertz CT molecular complexity index is 419. The van der Waals surface area contributed by atoms with E-state index in [1.807, 2.05) is 24.3 Å². The van der Waals surface area contributed by atoms with E-state index >= 15 is 0 Å². The van der Waals surface area contributed by atoms with Gasteiger partial charge in [0.1, 0.15) is 12.4 Å². The summed E-state index contributed by atoms with van der Waals surface area (Å²) in [7, 11) is 0. The molecule has 0 spiro atoms. The van der Waals surface area contributed by atoms with Crippen LogP contribution >= 0.6 is 15.9 Å². The molecule has 0 radical (unpaired) electrons. The average Bonchev–Trinajstić information content (AvgIpc) is 3.04. The predicted octanol–water partition coefficient (Wildman–Crippen LogP) is 1.44. The van der Waals surface area contributed by atoms with E-state index in [0.29, 0.717) is 13.2 Å². The van der Waals surface area contributed by atoms with Crippen molar-refractivity contribution in [2.75, 3.05) is 13.2 Å². The van der Waals surface area contributed by atoms with Crippen LogP contribution in [-0.4, -0.2) is 24.6 Å². The van der Waals surface area contributed by atoms with Gasteiger partial charge in [-0.25, -0.2) is 0 Å². The highest BCUT2D eigenvalue weighted by molar-refractivity contribution is 9.10. The van der Waals surface area contributed by atoms with Crippen molar-refractivity contribution in [1.29, 1.82) is 0 Å². The molecule has 1 fully saturated rings. The minimum Gasteiger partial charge on any atom is -0.492 e. The molecule has 1 aromatic rings. The van der Waals surface area contributed by atoms with Crippen LogP contribution in [0.15, 0.2) is 28.7 Å². The van der Waals surface area contributed by atoms with Crippen LogP contribution in [0.4, 0.5) is 0 Å². The number of nitrogens with two attached hydrogens (primary N) is 1. The zero-order valence-corrected chi connectivity index (χ0v) is 11.0. The molecule has 1 amide bonds. The van der Waals surface area contributed by atoms with Crippen LogP contribution in [0.2, 0.25) is 0 Å². The lowest BCUT2D eigenvalue weighted by atomic mass is 10.3. The molecular formula is C12H15BrN2O2. The standard InChI is InChI=1S/C12H15BrN2O2/c13-9-2-1-3-10(8-9)17-7-6-15-11(16)12(14)4-5-12/h1-3,8H,4-7,14H2,(H,15,16). The third-order valence-corrected chi connectivity index (χ3v) is 3.19. The van der Waals surface area contributed by atoms with Crippen molar-refractivity contribution in [2.45, 2.75) is 18.4 Å². The number of carbonyl (C=O) groups is 1. The summed E-state index contributed by atoms with van der Waals surface area (Å²) in [6, 6.07) is 7.59. The van der Waals surface area contributed by atoms with Gasteiger partial charge in [-0.1, -0.05) is 22.0 Å². The molecule has 5 heteroatoms. The molecule has 0 aromatic heterocycles. The third-order valence-electron chi connectivity index (χ3n) is 2.69. The molecule has 0 saturated heterocycles. The summed E-state index contributed by atoms with van der Waals surface area (Å²) in [5.74, 6) is 0.706. The van der Waals surface area contributed by atoms with Gasteiger partial charge in [0.15, 0.2) is 0 Å². The lowest BCUT2D eigenvalue weighted by Gasteiger charge is -2.11. The summed E-state index contributed by atoms with van der Waals surface area (Å²) >= 11 is 3.36. The summed E-state index contributed by atoms with van der Waals surface area (Å²) in [5.41, 5.74) is 5.14. The van der Waals surface area contributed by atoms with E-state index in [-0.39, 0.29) is 5.91 Å². The van der Waals surface area contributed by atoms with E-state index in [4.69, 9.17) is 10.5 Å². The van der Waals surface area contributed by atoms with Crippen molar-refractivity contribution in [2.24, 2.45) is 5.73 Å². The molecule has 0 aliphatic heterocycles. The van der Waals surface area contributed by atoms with Gasteiger partial charge < -0.3 is 15.8 Å². The molecule has 2 rings (SSSR count). The summed E-state index contributed by atoms with van der Waals surface area (Å²) in [4.78, 5) is 11.5. The van der Waals surface area contributed by atoms with Crippen molar-refractivity contribution in [3.05, 3.63) is 28.7 Å². The smallest absolute Gasteiger partial charge is 0.240 e. The van der Waals surface area contributed by atoms with E-state index in [1.54, 1.807) is 0 Å². The van der Waals surface area contributed by atoms with Gasteiger partial charge in [0.25, 0.3) is 0 Å². The van der Waals surface area contributed by atoms with Crippen LogP contribution in [0.3, 0.4) is 0 Å². The molecule has 0 atom stereocenters. The van der Waals surface area contributed by atoms with Crippen LogP contribution in [-0.2, 0) is 4.79 Å². The fourth-order valence-corrected chi connectivity index (χ4v) is 1.81. The Morgan fingerprint density at radius 1 is 1.53 bits per heavy atom. The molecule has 0 bridgehead atoms. The number of nitrogens with one attached hydrogen (secondary N) is 1. The Morgan fingerprint density at radius 3 is 2.94 bits per heavy atom. The number of amides is 1. The molecule has 1 aromatic carbocycles. The highest BCUT2D eigenvalue weighted by Gasteiger charge is 2.45. The van der Waals surface area contributed by atoms with Crippen molar-refractivity contribution < 1.29 is 9.53 Å². The monoisotopic (exact) mass is 298 g/mol. The Kier molecular flexibility index (Phi) is 3.69. The van der Waals surface area contributed by atoms with Gasteiger partial charge in [0.2, 0.25) is 5.91 Å². The van der Waals surface area contributed by atoms with Crippen molar-refractivity contribution in [3.63, 3.8) is 0 Å². The van der Waals surface area contributed by atoms with Crippen LogP contribution in [0.5, 0.6) is 5.75 Å². The first-order valence-corrected chi connectivity index (χ1v) is 6.35. The maximum absolute atomic E-state index is 11.5. The average molecular weight is 299 g/mol. The molecular weight excluding hydrogens is 284 g/mol. The minimum atomic E-state index is -0.601. The highest BCUT2D eigenvalue weighted by Crippen LogP contribution is 2.31. The highest BCUT2D eigenvalue weighted by atomic mass is 79.9. The van der Waals surface area contributed by atoms with Gasteiger partial charge in [-0.15, -0.1) is 0 Å². The van der Waals surface area contributed by atoms with E-state index < -0.39 is 5.54 Å². The molecule has 3 N–H and O–H groups in total. The van der Waals surface area contributed by atoms with Gasteiger partial charge >= 0.3 is 0 Å². The van der Waals surface area contributed by atoms with Gasteiger partial charge in [-0.3, -0.25) is 4.79 Å². The third kappa shape index (κ3) is 3.44. The van der Waals surface area contributed by atoms with Crippen LogP contribution in [0, 0.1) is 0 Å². The van der Waals surface area contributed by atoms with Crippen LogP contribution in [0.1, 0.15) is 12.8 Å². The molecule has 1 aliphatic carbocycles. The maximum Gasteiger partial charge on any atom is 0.240 e. The quantitative estimate of drug-likeness (QED) is 0.809. The molecule has 0 heterocycles. The fraction of sp³-hybridized carbons (Fsp3) is 0.417. The fourth-order valence-electron chi connectivity index (χ4n) is 1.43. The molecule has 1 saturated carbocycles. The number of hydrogen-bond donors (Lipinski definition) is 2. The molecule has 0 unspecified atom stereocenters. The maximum atomic E-state index is 11.5. The van der Waals surface area contributed by atoms with Crippen molar-refractivity contribution in [3.8, 4) is 5.75 Å². The summed E-state index contributed by atoms with van der Waals surface area (Å²) < 4.78 is 6.46. The van der Waals surface area contributed by atoms with Crippen molar-refractivity contribution >= 4 is 21.8 Å². The summed E-state index contributed by atoms with van der Waals surface area (Å²) in [5, 5.41) is 2.77. The molecule has 4 nitrogen and oxygen atoms in total. The molecule has 92 valence electrons. The number of hydrogen-bond acceptors (Lipinski definition) is 3. The second kappa shape index (κ2) is 5.06. The molecule has 17 heavy (non-hydrogen) atoms. The zero-order chi connectivity index (χ0) is 12.3. The normalized spacial score (nSPS) is 16.4. The zero-order valence-electron chi connectivity index (χ0n) is 9.41. The second-order valence-electron chi connectivity index (χ2n) is 4.22. The number of rotatable bonds is 5. The second-order valence-corrected chi connectivity index (χ2v) is 5.13. The number of carbonyl (C=O) groups excluding carboxylic acids is 1. The Balaban J connectivity index is 1.68. The predicted molar refractivity (Wildman–Crippen MR) is 68.8 cm³/mol. The SMILES string of the molecule is NC1(C(=O)NCCOc2cccc(Br)c2)CC1. The Labute approximate surface area is 109 Å². The first-order valence-electron chi connectivity index (χ1n) is 5.56.